The van der Waals surface area contributed by atoms with Gasteiger partial charge in [-0.25, -0.2) is 4.39 Å². The fraction of sp³-hybridized carbons (Fsp3) is 0.571. The normalized spacial score (nSPS) is 24.1. The molecule has 1 aliphatic heterocycles. The first-order chi connectivity index (χ1) is 8.26. The largest absolute Gasteiger partial charge is 0.381 e. The lowest BCUT2D eigenvalue weighted by molar-refractivity contribution is 0.149. The van der Waals surface area contributed by atoms with Crippen molar-refractivity contribution >= 4 is 0 Å². The van der Waals surface area contributed by atoms with E-state index in [1.54, 1.807) is 6.07 Å². The van der Waals surface area contributed by atoms with Crippen LogP contribution in [0.1, 0.15) is 18.9 Å². The average molecular weight is 237 g/mol. The lowest BCUT2D eigenvalue weighted by atomic mass is 9.80. The molecule has 2 rings (SSSR count). The minimum Gasteiger partial charge on any atom is -0.381 e. The van der Waals surface area contributed by atoms with Gasteiger partial charge in [0, 0.05) is 18.6 Å². The average Bonchev–Trinajstić information content (AvgIpc) is 2.79. The van der Waals surface area contributed by atoms with Gasteiger partial charge in [-0.05, 0) is 31.0 Å². The van der Waals surface area contributed by atoms with E-state index in [1.165, 1.54) is 6.07 Å². The first-order valence-electron chi connectivity index (χ1n) is 6.28. The molecule has 2 nitrogen and oxygen atoms in total. The zero-order chi connectivity index (χ0) is 12.1. The van der Waals surface area contributed by atoms with Crippen molar-refractivity contribution in [3.8, 4) is 0 Å². The van der Waals surface area contributed by atoms with Crippen molar-refractivity contribution in [1.82, 2.24) is 5.32 Å². The minimum atomic E-state index is -0.102. The van der Waals surface area contributed by atoms with Crippen molar-refractivity contribution in [3.63, 3.8) is 0 Å². The fourth-order valence-corrected chi connectivity index (χ4v) is 2.43. The van der Waals surface area contributed by atoms with Crippen LogP contribution in [0, 0.1) is 11.2 Å². The Balaban J connectivity index is 2.10. The molecule has 1 N–H and O–H groups in total. The third-order valence-electron chi connectivity index (χ3n) is 3.46. The number of rotatable bonds is 5. The highest BCUT2D eigenvalue weighted by Gasteiger charge is 2.35. The van der Waals surface area contributed by atoms with Crippen LogP contribution in [0.5, 0.6) is 0 Å². The molecule has 1 atom stereocenters. The maximum atomic E-state index is 13.7. The molecule has 3 heteroatoms. The van der Waals surface area contributed by atoms with Gasteiger partial charge in [-0.3, -0.25) is 0 Å². The molecular formula is C14H20FNO. The third kappa shape index (κ3) is 3.05. The van der Waals surface area contributed by atoms with Crippen LogP contribution in [0.15, 0.2) is 24.3 Å². The minimum absolute atomic E-state index is 0.0677. The Labute approximate surface area is 102 Å². The number of halogens is 1. The fourth-order valence-electron chi connectivity index (χ4n) is 2.43. The quantitative estimate of drug-likeness (QED) is 0.849. The summed E-state index contributed by atoms with van der Waals surface area (Å²) >= 11 is 0. The molecule has 0 saturated carbocycles. The van der Waals surface area contributed by atoms with Crippen LogP contribution in [0.2, 0.25) is 0 Å². The monoisotopic (exact) mass is 237 g/mol. The van der Waals surface area contributed by atoms with E-state index in [-0.39, 0.29) is 11.2 Å². The van der Waals surface area contributed by atoms with E-state index < -0.39 is 0 Å². The van der Waals surface area contributed by atoms with Gasteiger partial charge in [0.1, 0.15) is 5.82 Å². The Bertz CT molecular complexity index is 361. The van der Waals surface area contributed by atoms with E-state index in [9.17, 15) is 4.39 Å². The summed E-state index contributed by atoms with van der Waals surface area (Å²) < 4.78 is 19.2. The molecule has 1 aliphatic rings. The predicted molar refractivity (Wildman–Crippen MR) is 66.5 cm³/mol. The summed E-state index contributed by atoms with van der Waals surface area (Å²) in [7, 11) is 0. The van der Waals surface area contributed by atoms with Crippen LogP contribution < -0.4 is 5.32 Å². The van der Waals surface area contributed by atoms with E-state index in [0.29, 0.717) is 0 Å². The van der Waals surface area contributed by atoms with Gasteiger partial charge in [-0.1, -0.05) is 25.1 Å². The topological polar surface area (TPSA) is 21.3 Å². The van der Waals surface area contributed by atoms with Crippen LogP contribution in [0.3, 0.4) is 0 Å². The van der Waals surface area contributed by atoms with Gasteiger partial charge < -0.3 is 10.1 Å². The van der Waals surface area contributed by atoms with E-state index in [2.05, 4.69) is 12.2 Å². The molecule has 0 amide bonds. The van der Waals surface area contributed by atoms with Gasteiger partial charge >= 0.3 is 0 Å². The summed E-state index contributed by atoms with van der Waals surface area (Å²) in [5, 5.41) is 3.37. The van der Waals surface area contributed by atoms with E-state index in [4.69, 9.17) is 4.74 Å². The standard InChI is InChI=1S/C14H20FNO/c1-2-16-10-14(7-8-17-11-14)9-12-5-3-4-6-13(12)15/h3-6,16H,2,7-11H2,1H3. The summed E-state index contributed by atoms with van der Waals surface area (Å²) in [6.45, 7) is 5.46. The SMILES string of the molecule is CCNCC1(Cc2ccccc2F)CCOC1. The molecule has 1 saturated heterocycles. The molecule has 1 unspecified atom stereocenters. The van der Waals surface area contributed by atoms with Crippen molar-refractivity contribution in [2.24, 2.45) is 5.41 Å². The zero-order valence-electron chi connectivity index (χ0n) is 10.3. The second-order valence-corrected chi connectivity index (χ2v) is 4.85. The molecule has 1 aromatic rings. The molecule has 0 radical (unpaired) electrons. The van der Waals surface area contributed by atoms with Crippen LogP contribution >= 0.6 is 0 Å². The Morgan fingerprint density at radius 2 is 2.24 bits per heavy atom. The molecule has 17 heavy (non-hydrogen) atoms. The summed E-state index contributed by atoms with van der Waals surface area (Å²) in [6, 6.07) is 7.05. The second-order valence-electron chi connectivity index (χ2n) is 4.85. The van der Waals surface area contributed by atoms with Gasteiger partial charge in [0.05, 0.1) is 6.61 Å². The third-order valence-corrected chi connectivity index (χ3v) is 3.46. The van der Waals surface area contributed by atoms with Gasteiger partial charge in [0.2, 0.25) is 0 Å². The van der Waals surface area contributed by atoms with E-state index in [0.717, 1.165) is 44.7 Å². The zero-order valence-corrected chi connectivity index (χ0v) is 10.3. The van der Waals surface area contributed by atoms with Gasteiger partial charge in [0.25, 0.3) is 0 Å². The molecular weight excluding hydrogens is 217 g/mol. The molecule has 1 heterocycles. The number of ether oxygens (including phenoxy) is 1. The Morgan fingerprint density at radius 3 is 2.88 bits per heavy atom. The lowest BCUT2D eigenvalue weighted by Gasteiger charge is -2.28. The first kappa shape index (κ1) is 12.5. The molecule has 94 valence electrons. The van der Waals surface area contributed by atoms with Crippen LogP contribution in [0.25, 0.3) is 0 Å². The molecule has 1 fully saturated rings. The van der Waals surface area contributed by atoms with E-state index >= 15 is 0 Å². The maximum Gasteiger partial charge on any atom is 0.126 e. The Morgan fingerprint density at radius 1 is 1.41 bits per heavy atom. The molecule has 1 aromatic carbocycles. The maximum absolute atomic E-state index is 13.7. The summed E-state index contributed by atoms with van der Waals surface area (Å²) in [4.78, 5) is 0. The summed E-state index contributed by atoms with van der Waals surface area (Å²) in [6.07, 6.45) is 1.76. The van der Waals surface area contributed by atoms with Gasteiger partial charge in [-0.15, -0.1) is 0 Å². The Hall–Kier alpha value is -0.930. The highest BCUT2D eigenvalue weighted by atomic mass is 19.1. The number of nitrogens with one attached hydrogen (secondary N) is 1. The molecule has 0 aromatic heterocycles. The molecule has 0 aliphatic carbocycles. The van der Waals surface area contributed by atoms with Crippen molar-refractivity contribution < 1.29 is 9.13 Å². The van der Waals surface area contributed by atoms with Crippen molar-refractivity contribution in [3.05, 3.63) is 35.6 Å². The second kappa shape index (κ2) is 5.61. The van der Waals surface area contributed by atoms with Crippen molar-refractivity contribution in [2.45, 2.75) is 19.8 Å². The van der Waals surface area contributed by atoms with Crippen LogP contribution in [-0.2, 0) is 11.2 Å². The molecule has 0 bridgehead atoms. The highest BCUT2D eigenvalue weighted by molar-refractivity contribution is 5.19. The Kier molecular flexibility index (Phi) is 4.13. The van der Waals surface area contributed by atoms with Crippen molar-refractivity contribution in [1.29, 1.82) is 0 Å². The van der Waals surface area contributed by atoms with Crippen LogP contribution in [0.4, 0.5) is 4.39 Å². The first-order valence-corrected chi connectivity index (χ1v) is 6.28. The summed E-state index contributed by atoms with van der Waals surface area (Å²) in [5.74, 6) is -0.102. The van der Waals surface area contributed by atoms with E-state index in [1.807, 2.05) is 12.1 Å². The van der Waals surface area contributed by atoms with Crippen LogP contribution in [-0.4, -0.2) is 26.3 Å². The van der Waals surface area contributed by atoms with Gasteiger partial charge in [-0.2, -0.15) is 0 Å². The highest BCUT2D eigenvalue weighted by Crippen LogP contribution is 2.32. The summed E-state index contributed by atoms with van der Waals surface area (Å²) in [5.41, 5.74) is 0.869. The number of benzene rings is 1. The number of hydrogen-bond donors (Lipinski definition) is 1. The smallest absolute Gasteiger partial charge is 0.126 e. The number of hydrogen-bond acceptors (Lipinski definition) is 2. The predicted octanol–water partition coefficient (Wildman–Crippen LogP) is 2.38. The van der Waals surface area contributed by atoms with Crippen molar-refractivity contribution in [2.75, 3.05) is 26.3 Å². The molecule has 0 spiro atoms. The van der Waals surface area contributed by atoms with Gasteiger partial charge in [0.15, 0.2) is 0 Å². The lowest BCUT2D eigenvalue weighted by Crippen LogP contribution is -2.37.